The Balaban J connectivity index is 1.63. The van der Waals surface area contributed by atoms with Gasteiger partial charge in [-0.15, -0.1) is 23.5 Å². The molecule has 4 atom stereocenters. The van der Waals surface area contributed by atoms with E-state index >= 15 is 0 Å². The van der Waals surface area contributed by atoms with E-state index in [0.717, 1.165) is 17.1 Å². The van der Waals surface area contributed by atoms with Gasteiger partial charge in [-0.25, -0.2) is 4.79 Å². The van der Waals surface area contributed by atoms with Gasteiger partial charge in [-0.05, 0) is 48.0 Å². The van der Waals surface area contributed by atoms with Crippen LogP contribution in [0.3, 0.4) is 0 Å². The molecule has 13 heteroatoms. The van der Waals surface area contributed by atoms with Crippen molar-refractivity contribution >= 4 is 47.3 Å². The topological polar surface area (TPSA) is 146 Å². The summed E-state index contributed by atoms with van der Waals surface area (Å²) in [5, 5.41) is 19.0. The molecular formula is C31H48N4O7S2. The summed E-state index contributed by atoms with van der Waals surface area (Å²) in [6.45, 7) is 12.8. The molecule has 2 saturated heterocycles. The molecule has 4 amide bonds. The fraction of sp³-hybridized carbons (Fsp3) is 0.677. The minimum atomic E-state index is -1.61. The molecule has 44 heavy (non-hydrogen) atoms. The van der Waals surface area contributed by atoms with Crippen LogP contribution in [0.1, 0.15) is 79.5 Å². The highest BCUT2D eigenvalue weighted by Gasteiger charge is 2.52. The third-order valence-electron chi connectivity index (χ3n) is 6.90. The summed E-state index contributed by atoms with van der Waals surface area (Å²) in [4.78, 5) is 54.0. The lowest BCUT2D eigenvalue weighted by atomic mass is 10.0. The number of carbonyl (C=O) groups excluding carboxylic acids is 4. The summed E-state index contributed by atoms with van der Waals surface area (Å²) in [5.41, 5.74) is -0.530. The van der Waals surface area contributed by atoms with E-state index in [4.69, 9.17) is 9.47 Å². The molecule has 1 aromatic rings. The lowest BCUT2D eigenvalue weighted by molar-refractivity contribution is -0.137. The van der Waals surface area contributed by atoms with Crippen LogP contribution in [0.25, 0.3) is 0 Å². The molecule has 2 fully saturated rings. The number of amides is 4. The summed E-state index contributed by atoms with van der Waals surface area (Å²) in [7, 11) is 0. The zero-order valence-corrected chi connectivity index (χ0v) is 28.4. The van der Waals surface area contributed by atoms with Gasteiger partial charge >= 0.3 is 6.09 Å². The minimum absolute atomic E-state index is 0.295. The Bertz CT molecular complexity index is 1150. The van der Waals surface area contributed by atoms with E-state index in [-0.39, 0.29) is 4.08 Å². The first kappa shape index (κ1) is 36.0. The second-order valence-corrected chi connectivity index (χ2v) is 16.3. The Morgan fingerprint density at radius 3 is 2.23 bits per heavy atom. The Labute approximate surface area is 269 Å². The Morgan fingerprint density at radius 2 is 1.66 bits per heavy atom. The summed E-state index contributed by atoms with van der Waals surface area (Å²) in [6.07, 6.45) is -1.58. The maximum absolute atomic E-state index is 13.6. The normalized spacial score (nSPS) is 20.1. The van der Waals surface area contributed by atoms with Crippen molar-refractivity contribution in [2.24, 2.45) is 0 Å². The van der Waals surface area contributed by atoms with Gasteiger partial charge in [-0.1, -0.05) is 43.7 Å². The van der Waals surface area contributed by atoms with Gasteiger partial charge in [0.1, 0.15) is 11.6 Å². The molecule has 3 rings (SSSR count). The van der Waals surface area contributed by atoms with Crippen LogP contribution in [0, 0.1) is 0 Å². The van der Waals surface area contributed by atoms with Gasteiger partial charge in [-0.3, -0.25) is 19.3 Å². The number of nitrogens with one attached hydrogen (secondary N) is 3. The average molecular weight is 653 g/mol. The van der Waals surface area contributed by atoms with Crippen molar-refractivity contribution in [3.05, 3.63) is 35.9 Å². The molecule has 0 bridgehead atoms. The lowest BCUT2D eigenvalue weighted by Gasteiger charge is -2.30. The number of hydrogen-bond donors (Lipinski definition) is 4. The molecule has 246 valence electrons. The minimum Gasteiger partial charge on any atom is -0.444 e. The molecule has 1 aromatic carbocycles. The lowest BCUT2D eigenvalue weighted by Crippen LogP contribution is -2.56. The number of nitrogens with zero attached hydrogens (tertiary/aromatic N) is 1. The van der Waals surface area contributed by atoms with Crippen LogP contribution in [0.4, 0.5) is 4.79 Å². The first-order valence-corrected chi connectivity index (χ1v) is 17.1. The average Bonchev–Trinajstić information content (AvgIpc) is 3.56. The molecule has 0 saturated carbocycles. The van der Waals surface area contributed by atoms with Crippen molar-refractivity contribution in [1.29, 1.82) is 0 Å². The van der Waals surface area contributed by atoms with E-state index in [1.807, 2.05) is 58.0 Å². The molecule has 2 aliphatic rings. The number of aliphatic hydroxyl groups excluding tert-OH is 1. The van der Waals surface area contributed by atoms with Gasteiger partial charge in [0, 0.05) is 30.0 Å². The number of likely N-dealkylation sites (tertiary alicyclic amines) is 1. The molecule has 0 aromatic heterocycles. The third kappa shape index (κ3) is 10.6. The third-order valence-corrected chi connectivity index (χ3v) is 10.3. The number of carbonyl (C=O) groups is 4. The second-order valence-electron chi connectivity index (χ2n) is 13.1. The van der Waals surface area contributed by atoms with Crippen molar-refractivity contribution in [3.63, 3.8) is 0 Å². The number of benzene rings is 1. The number of thioether (sulfide) groups is 2. The quantitative estimate of drug-likeness (QED) is 0.264. The molecule has 0 radical (unpaired) electrons. The maximum Gasteiger partial charge on any atom is 0.411 e. The molecule has 0 aliphatic carbocycles. The number of rotatable bonds is 11. The van der Waals surface area contributed by atoms with Crippen molar-refractivity contribution in [3.8, 4) is 0 Å². The molecule has 3 unspecified atom stereocenters. The van der Waals surface area contributed by atoms with E-state index in [9.17, 15) is 24.3 Å². The maximum atomic E-state index is 13.6. The van der Waals surface area contributed by atoms with Crippen molar-refractivity contribution in [2.75, 3.05) is 24.6 Å². The summed E-state index contributed by atoms with van der Waals surface area (Å²) in [6, 6.07) is 7.47. The van der Waals surface area contributed by atoms with Crippen LogP contribution < -0.4 is 16.0 Å². The van der Waals surface area contributed by atoms with E-state index in [1.54, 1.807) is 44.3 Å². The van der Waals surface area contributed by atoms with Crippen LogP contribution >= 0.6 is 23.5 Å². The van der Waals surface area contributed by atoms with Gasteiger partial charge in [0.25, 0.3) is 5.91 Å². The van der Waals surface area contributed by atoms with Gasteiger partial charge < -0.3 is 30.5 Å². The Morgan fingerprint density at radius 1 is 1.02 bits per heavy atom. The monoisotopic (exact) mass is 652 g/mol. The van der Waals surface area contributed by atoms with Gasteiger partial charge in [0.2, 0.25) is 11.8 Å². The smallest absolute Gasteiger partial charge is 0.411 e. The van der Waals surface area contributed by atoms with E-state index in [0.29, 0.717) is 25.8 Å². The standard InChI is InChI=1S/C31H48N4O7S2/c1-8-12-21(33-25(38)22-17-31(43-15-16-44-31)19-35(22)28(40)42-30(5,6)7)24(37)26(39)32-18-23(36)34-27(41-29(2,3)4)20-13-10-9-11-14-20/h9-11,13-14,21-22,24,27,37H,8,12,15-19H2,1-7H3,(H,32,39)(H,33,38)(H,34,36)/t21?,22?,24?,27-/m1/s1. The zero-order chi connectivity index (χ0) is 32.7. The number of ether oxygens (including phenoxy) is 2. The van der Waals surface area contributed by atoms with Crippen molar-refractivity contribution in [2.45, 2.75) is 107 Å². The van der Waals surface area contributed by atoms with Gasteiger partial charge in [-0.2, -0.15) is 0 Å². The van der Waals surface area contributed by atoms with Gasteiger partial charge in [0.05, 0.1) is 22.3 Å². The van der Waals surface area contributed by atoms with Crippen molar-refractivity contribution in [1.82, 2.24) is 20.9 Å². The zero-order valence-electron chi connectivity index (χ0n) is 26.8. The predicted octanol–water partition coefficient (Wildman–Crippen LogP) is 3.56. The van der Waals surface area contributed by atoms with E-state index in [1.165, 1.54) is 4.90 Å². The SMILES string of the molecule is CCCC(NC(=O)C1CC2(CN1C(=O)OC(C)(C)C)SCCS2)C(O)C(=O)NCC(=O)N[C@H](OC(C)(C)C)c1ccccc1. The molecule has 11 nitrogen and oxygen atoms in total. The fourth-order valence-electron chi connectivity index (χ4n) is 5.00. The largest absolute Gasteiger partial charge is 0.444 e. The summed E-state index contributed by atoms with van der Waals surface area (Å²) >= 11 is 3.48. The molecule has 1 spiro atoms. The first-order valence-electron chi connectivity index (χ1n) is 15.1. The molecule has 2 aliphatic heterocycles. The van der Waals surface area contributed by atoms with Crippen molar-refractivity contribution < 1.29 is 33.8 Å². The summed E-state index contributed by atoms with van der Waals surface area (Å²) in [5.74, 6) is 0.117. The van der Waals surface area contributed by atoms with E-state index < -0.39 is 66.0 Å². The fourth-order valence-corrected chi connectivity index (χ4v) is 8.26. The predicted molar refractivity (Wildman–Crippen MR) is 173 cm³/mol. The summed E-state index contributed by atoms with van der Waals surface area (Å²) < 4.78 is 11.3. The van der Waals surface area contributed by atoms with Crippen LogP contribution in [0.5, 0.6) is 0 Å². The highest BCUT2D eigenvalue weighted by atomic mass is 32.2. The highest BCUT2D eigenvalue weighted by Crippen LogP contribution is 2.52. The van der Waals surface area contributed by atoms with Gasteiger partial charge in [0.15, 0.2) is 12.3 Å². The second kappa shape index (κ2) is 15.2. The van der Waals surface area contributed by atoms with Crippen LogP contribution in [0.15, 0.2) is 30.3 Å². The van der Waals surface area contributed by atoms with Crippen LogP contribution in [0.2, 0.25) is 0 Å². The van der Waals surface area contributed by atoms with E-state index in [2.05, 4.69) is 16.0 Å². The number of hydrogen-bond acceptors (Lipinski definition) is 9. The first-order chi connectivity index (χ1) is 20.5. The number of aliphatic hydroxyl groups is 1. The van der Waals surface area contributed by atoms with Crippen LogP contribution in [-0.4, -0.2) is 91.9 Å². The molecule has 2 heterocycles. The Hall–Kier alpha value is -2.48. The Kier molecular flexibility index (Phi) is 12.4. The molecule has 4 N–H and O–H groups in total. The van der Waals surface area contributed by atoms with Crippen LogP contribution in [-0.2, 0) is 23.9 Å². The highest BCUT2D eigenvalue weighted by molar-refractivity contribution is 8.21. The molecular weight excluding hydrogens is 604 g/mol.